The topological polar surface area (TPSA) is 183 Å². The van der Waals surface area contributed by atoms with Gasteiger partial charge in [0.25, 0.3) is 18.3 Å². The number of hydrogen-bond donors (Lipinski definition) is 1. The standard InChI is InChI=1S/C24H25FN6OS.C22H20ClFN6O.C2H6S.CH2O3.2K.H/c1-5-33-22-19-20(30-14-24(2,3)27-23(30)29(4)21(19)32)28-31(22)13-15-9-11-16(12-10-15)17-7-6-8-18(25)26-17;1-22(2)12-29-19-17(20(31)28(3)21(29)26-22)18(23)30(27-19)11-13-7-9-14(10-8-13)15-5-4-6-16(24)25-15;1-2-3;2-1-4-3;;;/h6-12H,5,13-14H2,1-4H3;4-10H,11-12H2,1-3H3;3H,2H2,1H3;1,3H;;;/q;;;;2*+1;-1/p-1. The second-order valence-corrected chi connectivity index (χ2v) is 19.9. The molecular weight excluding hydrogens is 1050 g/mol. The Hall–Kier alpha value is -3.41. The van der Waals surface area contributed by atoms with E-state index in [1.165, 1.54) is 17.0 Å². The molecule has 4 aliphatic heterocycles. The smallest absolute Gasteiger partial charge is 1.00 e. The number of hydrogen-bond acceptors (Lipinski definition) is 15. The van der Waals surface area contributed by atoms with Gasteiger partial charge in [0.1, 0.15) is 21.3 Å². The number of aromatic nitrogens is 6. The summed E-state index contributed by atoms with van der Waals surface area (Å²) in [7, 11) is 3.47. The van der Waals surface area contributed by atoms with E-state index in [0.29, 0.717) is 77.4 Å². The Kier molecular flexibility index (Phi) is 21.6. The predicted molar refractivity (Wildman–Crippen MR) is 273 cm³/mol. The first kappa shape index (κ1) is 60.5. The van der Waals surface area contributed by atoms with Gasteiger partial charge in [-0.15, -0.1) is 11.8 Å². The number of guanidine groups is 2. The fraction of sp³-hybridized carbons (Fsp3) is 0.327. The minimum Gasteiger partial charge on any atom is -1.00 e. The molecule has 24 heteroatoms. The minimum absolute atomic E-state index is 0. The maximum Gasteiger partial charge on any atom is 1.00 e. The Morgan fingerprint density at radius 2 is 1.12 bits per heavy atom. The van der Waals surface area contributed by atoms with Crippen LogP contribution >= 0.6 is 36.0 Å². The summed E-state index contributed by atoms with van der Waals surface area (Å²) in [5, 5.41) is 19.1. The van der Waals surface area contributed by atoms with Crippen LogP contribution in [0.1, 0.15) is 74.8 Å². The number of rotatable bonds is 9. The second kappa shape index (κ2) is 26.1. The van der Waals surface area contributed by atoms with E-state index in [1.807, 2.05) is 83.8 Å². The summed E-state index contributed by atoms with van der Waals surface area (Å²) in [6, 6.07) is 24.9. The van der Waals surface area contributed by atoms with E-state index in [2.05, 4.69) is 58.3 Å². The molecular formula is C49H53ClF2K2N12O5S2. The fourth-order valence-electron chi connectivity index (χ4n) is 8.17. The van der Waals surface area contributed by atoms with Crippen LogP contribution in [-0.4, -0.2) is 119 Å². The molecule has 0 aliphatic carbocycles. The first-order chi connectivity index (χ1) is 33.8. The SMILES string of the molecule is CCS.CCSc1c2c(nn1Cc1ccc(-c3cccc(F)n3)cc1)N1CC(C)(C)N=C1N(C)C2=O.CN1C(=O)c2c(nn(Cc3ccc(-c4cccc(F)n4)cc3)c2Cl)N2CC(C)(C)N=C12.O=CO[O-].[H-].[K+].[K+]. The molecule has 374 valence electrons. The summed E-state index contributed by atoms with van der Waals surface area (Å²) < 4.78 is 30.4. The van der Waals surface area contributed by atoms with Gasteiger partial charge in [0.2, 0.25) is 23.8 Å². The van der Waals surface area contributed by atoms with Crippen LogP contribution in [-0.2, 0) is 22.8 Å². The molecule has 0 saturated carbocycles. The fourth-order valence-corrected chi connectivity index (χ4v) is 9.28. The number of benzene rings is 2. The van der Waals surface area contributed by atoms with Crippen molar-refractivity contribution in [1.29, 1.82) is 0 Å². The molecule has 2 amide bonds. The van der Waals surface area contributed by atoms with Gasteiger partial charge in [-0.1, -0.05) is 86.1 Å². The Labute approximate surface area is 523 Å². The normalized spacial score (nSPS) is 15.2. The van der Waals surface area contributed by atoms with Crippen LogP contribution in [0.3, 0.4) is 0 Å². The zero-order chi connectivity index (χ0) is 51.4. The van der Waals surface area contributed by atoms with Crippen LogP contribution in [0.4, 0.5) is 20.4 Å². The monoisotopic (exact) mass is 1100 g/mol. The van der Waals surface area contributed by atoms with E-state index in [4.69, 9.17) is 31.7 Å². The van der Waals surface area contributed by atoms with Gasteiger partial charge in [-0.2, -0.15) is 31.6 Å². The van der Waals surface area contributed by atoms with E-state index < -0.39 is 11.9 Å². The van der Waals surface area contributed by atoms with E-state index in [-0.39, 0.29) is 134 Å². The van der Waals surface area contributed by atoms with Crippen LogP contribution in [0.5, 0.6) is 0 Å². The molecule has 0 radical (unpaired) electrons. The zero-order valence-electron chi connectivity index (χ0n) is 43.3. The first-order valence-electron chi connectivity index (χ1n) is 22.4. The van der Waals surface area contributed by atoms with Crippen molar-refractivity contribution in [3.8, 4) is 22.5 Å². The van der Waals surface area contributed by atoms with Crippen molar-refractivity contribution in [2.24, 2.45) is 9.98 Å². The molecule has 0 atom stereocenters. The van der Waals surface area contributed by atoms with Gasteiger partial charge in [0.05, 0.1) is 48.6 Å². The molecule has 4 aliphatic rings. The molecule has 2 aromatic carbocycles. The van der Waals surface area contributed by atoms with Crippen molar-refractivity contribution in [2.75, 3.05) is 48.5 Å². The van der Waals surface area contributed by atoms with Crippen molar-refractivity contribution in [3.63, 3.8) is 0 Å². The van der Waals surface area contributed by atoms with Crippen LogP contribution in [0, 0.1) is 11.9 Å². The van der Waals surface area contributed by atoms with Crippen LogP contribution in [0.25, 0.3) is 22.5 Å². The number of nitrogens with zero attached hydrogens (tertiary/aromatic N) is 12. The largest absolute Gasteiger partial charge is 1.00 e. The summed E-state index contributed by atoms with van der Waals surface area (Å²) in [6.45, 7) is 14.2. The molecule has 0 saturated heterocycles. The third-order valence-corrected chi connectivity index (χ3v) is 12.6. The van der Waals surface area contributed by atoms with E-state index in [0.717, 1.165) is 38.8 Å². The van der Waals surface area contributed by atoms with Crippen molar-refractivity contribution < 1.29 is 138 Å². The number of thiol groups is 1. The van der Waals surface area contributed by atoms with Gasteiger partial charge in [-0.25, -0.2) is 24.6 Å². The molecule has 0 spiro atoms. The summed E-state index contributed by atoms with van der Waals surface area (Å²) in [5.74, 6) is 2.93. The van der Waals surface area contributed by atoms with E-state index >= 15 is 0 Å². The molecule has 4 aromatic heterocycles. The molecule has 0 N–H and O–H groups in total. The number of aliphatic imine (C=N–C) groups is 2. The summed E-state index contributed by atoms with van der Waals surface area (Å²) in [6.07, 6.45) is 0. The average molecular weight is 1110 g/mol. The van der Waals surface area contributed by atoms with Crippen molar-refractivity contribution in [3.05, 3.63) is 124 Å². The van der Waals surface area contributed by atoms with Crippen LogP contribution in [0.2, 0.25) is 5.15 Å². The maximum atomic E-state index is 13.5. The van der Waals surface area contributed by atoms with Gasteiger partial charge < -0.3 is 11.6 Å². The predicted octanol–water partition coefficient (Wildman–Crippen LogP) is 1.60. The number of amides is 2. The molecule has 17 nitrogen and oxygen atoms in total. The summed E-state index contributed by atoms with van der Waals surface area (Å²) >= 11 is 12.0. The maximum absolute atomic E-state index is 13.5. The number of pyridine rings is 2. The second-order valence-electron chi connectivity index (χ2n) is 17.7. The van der Waals surface area contributed by atoms with Crippen molar-refractivity contribution in [1.82, 2.24) is 39.3 Å². The number of carbonyl (C=O) groups excluding carboxylic acids is 3. The number of halogens is 3. The van der Waals surface area contributed by atoms with Crippen LogP contribution in [0.15, 0.2) is 99.9 Å². The summed E-state index contributed by atoms with van der Waals surface area (Å²) in [4.78, 5) is 61.9. The quantitative estimate of drug-likeness (QED) is 0.0421. The summed E-state index contributed by atoms with van der Waals surface area (Å²) in [5.41, 5.74) is 5.22. The third kappa shape index (κ3) is 13.8. The number of carbonyl (C=O) groups is 3. The minimum atomic E-state index is -0.516. The Morgan fingerprint density at radius 3 is 1.53 bits per heavy atom. The molecule has 0 fully saturated rings. The Morgan fingerprint density at radius 1 is 0.726 bits per heavy atom. The van der Waals surface area contributed by atoms with Crippen molar-refractivity contribution in [2.45, 2.75) is 70.7 Å². The van der Waals surface area contributed by atoms with Gasteiger partial charge in [0.15, 0.2) is 11.6 Å². The van der Waals surface area contributed by atoms with Gasteiger partial charge in [-0.3, -0.25) is 38.7 Å². The molecule has 10 rings (SSSR count). The van der Waals surface area contributed by atoms with Gasteiger partial charge in [-0.05, 0) is 74.6 Å². The Bertz CT molecular complexity index is 3020. The molecule has 0 unspecified atom stereocenters. The van der Waals surface area contributed by atoms with Gasteiger partial charge >= 0.3 is 103 Å². The number of thioether (sulfide) groups is 1. The van der Waals surface area contributed by atoms with Crippen molar-refractivity contribution >= 4 is 77.8 Å². The molecule has 6 aromatic rings. The van der Waals surface area contributed by atoms with Gasteiger partial charge in [0, 0.05) is 25.2 Å². The molecule has 0 bridgehead atoms. The van der Waals surface area contributed by atoms with E-state index in [9.17, 15) is 18.4 Å². The van der Waals surface area contributed by atoms with E-state index in [1.54, 1.807) is 59.7 Å². The Balaban J connectivity index is 0.000000275. The molecule has 8 heterocycles. The number of anilines is 2. The third-order valence-electron chi connectivity index (χ3n) is 11.2. The number of fused-ring (bicyclic) bond motifs is 6. The first-order valence-corrected chi connectivity index (χ1v) is 24.4. The average Bonchev–Trinajstić information content (AvgIpc) is 4.07. The van der Waals surface area contributed by atoms with Crippen LogP contribution < -0.4 is 118 Å². The molecule has 73 heavy (non-hydrogen) atoms. The zero-order valence-corrected chi connectivity index (χ0v) is 51.0.